The number of hydrogen-bond donors (Lipinski definition) is 1. The second-order valence-electron chi connectivity index (χ2n) is 4.92. The summed E-state index contributed by atoms with van der Waals surface area (Å²) in [5, 5.41) is 9.50. The Balaban J connectivity index is 3.83. The molecule has 0 rings (SSSR count). The van der Waals surface area contributed by atoms with Crippen LogP contribution in [0, 0.1) is 11.3 Å². The minimum atomic E-state index is -0.274. The number of rotatable bonds is 3. The molecule has 0 spiro atoms. The van der Waals surface area contributed by atoms with E-state index in [0.29, 0.717) is 5.92 Å². The van der Waals surface area contributed by atoms with E-state index in [9.17, 15) is 5.11 Å². The highest BCUT2D eigenvalue weighted by atomic mass is 16.3. The molecule has 0 aromatic carbocycles. The third-order valence-corrected chi connectivity index (χ3v) is 1.53. The van der Waals surface area contributed by atoms with Crippen molar-refractivity contribution in [3.05, 3.63) is 12.2 Å². The zero-order valence-corrected chi connectivity index (χ0v) is 8.96. The first-order chi connectivity index (χ1) is 5.31. The SMILES string of the molecule is CC(C)C[C@H](O)C=CC(C)(C)C. The Morgan fingerprint density at radius 3 is 2.08 bits per heavy atom. The number of aliphatic hydroxyl groups excluding tert-OH is 1. The molecule has 0 bridgehead atoms. The normalized spacial score (nSPS) is 15.9. The lowest BCUT2D eigenvalue weighted by Gasteiger charge is -2.14. The number of allylic oxidation sites excluding steroid dienone is 1. The smallest absolute Gasteiger partial charge is 0.0723 e. The Morgan fingerprint density at radius 1 is 1.25 bits per heavy atom. The Hall–Kier alpha value is -0.300. The van der Waals surface area contributed by atoms with E-state index in [4.69, 9.17) is 0 Å². The molecule has 0 amide bonds. The molecule has 0 aromatic rings. The quantitative estimate of drug-likeness (QED) is 0.646. The molecule has 72 valence electrons. The van der Waals surface area contributed by atoms with Crippen LogP contribution in [0.4, 0.5) is 0 Å². The first-order valence-corrected chi connectivity index (χ1v) is 4.68. The molecule has 0 saturated carbocycles. The van der Waals surface area contributed by atoms with Gasteiger partial charge in [-0.05, 0) is 17.8 Å². The van der Waals surface area contributed by atoms with Crippen LogP contribution >= 0.6 is 0 Å². The lowest BCUT2D eigenvalue weighted by atomic mass is 9.94. The zero-order valence-electron chi connectivity index (χ0n) is 8.96. The van der Waals surface area contributed by atoms with E-state index in [-0.39, 0.29) is 11.5 Å². The van der Waals surface area contributed by atoms with Crippen LogP contribution in [0.2, 0.25) is 0 Å². The maximum Gasteiger partial charge on any atom is 0.0723 e. The van der Waals surface area contributed by atoms with Gasteiger partial charge < -0.3 is 5.11 Å². The zero-order chi connectivity index (χ0) is 9.78. The fourth-order valence-electron chi connectivity index (χ4n) is 0.961. The summed E-state index contributed by atoms with van der Waals surface area (Å²) < 4.78 is 0. The van der Waals surface area contributed by atoms with Gasteiger partial charge in [-0.25, -0.2) is 0 Å². The van der Waals surface area contributed by atoms with Gasteiger partial charge in [-0.1, -0.05) is 46.8 Å². The van der Waals surface area contributed by atoms with E-state index >= 15 is 0 Å². The molecular weight excluding hydrogens is 148 g/mol. The van der Waals surface area contributed by atoms with Crippen molar-refractivity contribution in [3.8, 4) is 0 Å². The van der Waals surface area contributed by atoms with E-state index in [1.54, 1.807) is 0 Å². The number of hydrogen-bond acceptors (Lipinski definition) is 1. The maximum atomic E-state index is 9.50. The summed E-state index contributed by atoms with van der Waals surface area (Å²) in [6.07, 6.45) is 4.55. The molecular formula is C11H22O. The molecule has 12 heavy (non-hydrogen) atoms. The predicted molar refractivity (Wildman–Crippen MR) is 54.1 cm³/mol. The molecule has 0 unspecified atom stereocenters. The second-order valence-corrected chi connectivity index (χ2v) is 4.92. The first kappa shape index (κ1) is 11.7. The maximum absolute atomic E-state index is 9.50. The molecule has 0 saturated heterocycles. The van der Waals surface area contributed by atoms with Crippen molar-refractivity contribution in [2.45, 2.75) is 47.1 Å². The average Bonchev–Trinajstić information content (AvgIpc) is 1.80. The van der Waals surface area contributed by atoms with Crippen molar-refractivity contribution < 1.29 is 5.11 Å². The van der Waals surface area contributed by atoms with Gasteiger partial charge >= 0.3 is 0 Å². The molecule has 0 aliphatic rings. The van der Waals surface area contributed by atoms with Gasteiger partial charge in [-0.2, -0.15) is 0 Å². The third kappa shape index (κ3) is 7.80. The highest BCUT2D eigenvalue weighted by Gasteiger charge is 2.07. The van der Waals surface area contributed by atoms with Gasteiger partial charge in [0, 0.05) is 0 Å². The highest BCUT2D eigenvalue weighted by Crippen LogP contribution is 2.16. The molecule has 1 heteroatoms. The molecule has 1 atom stereocenters. The average molecular weight is 170 g/mol. The largest absolute Gasteiger partial charge is 0.389 e. The standard InChI is InChI=1S/C11H22O/c1-9(2)8-10(12)6-7-11(3,4)5/h6-7,9-10,12H,8H2,1-5H3/t10-/m1/s1. The summed E-state index contributed by atoms with van der Waals surface area (Å²) in [5.74, 6) is 0.560. The topological polar surface area (TPSA) is 20.2 Å². The summed E-state index contributed by atoms with van der Waals surface area (Å²) in [6.45, 7) is 10.6. The summed E-state index contributed by atoms with van der Waals surface area (Å²) >= 11 is 0. The van der Waals surface area contributed by atoms with E-state index in [1.165, 1.54) is 0 Å². The van der Waals surface area contributed by atoms with Crippen LogP contribution < -0.4 is 0 Å². The summed E-state index contributed by atoms with van der Waals surface area (Å²) in [7, 11) is 0. The van der Waals surface area contributed by atoms with Crippen LogP contribution in [-0.2, 0) is 0 Å². The van der Waals surface area contributed by atoms with E-state index in [1.807, 2.05) is 6.08 Å². The monoisotopic (exact) mass is 170 g/mol. The predicted octanol–water partition coefficient (Wildman–Crippen LogP) is 3.00. The fourth-order valence-corrected chi connectivity index (χ4v) is 0.961. The Bertz CT molecular complexity index is 140. The van der Waals surface area contributed by atoms with Crippen LogP contribution in [-0.4, -0.2) is 11.2 Å². The number of aliphatic hydroxyl groups is 1. The van der Waals surface area contributed by atoms with Crippen molar-refractivity contribution in [2.75, 3.05) is 0 Å². The van der Waals surface area contributed by atoms with Crippen molar-refractivity contribution in [3.63, 3.8) is 0 Å². The van der Waals surface area contributed by atoms with Crippen LogP contribution in [0.5, 0.6) is 0 Å². The van der Waals surface area contributed by atoms with Crippen LogP contribution in [0.1, 0.15) is 41.0 Å². The minimum absolute atomic E-state index is 0.179. The lowest BCUT2D eigenvalue weighted by Crippen LogP contribution is -2.08. The molecule has 0 fully saturated rings. The van der Waals surface area contributed by atoms with Gasteiger partial charge in [0.25, 0.3) is 0 Å². The van der Waals surface area contributed by atoms with Crippen LogP contribution in [0.3, 0.4) is 0 Å². The summed E-state index contributed by atoms with van der Waals surface area (Å²) in [4.78, 5) is 0. The summed E-state index contributed by atoms with van der Waals surface area (Å²) in [6, 6.07) is 0. The summed E-state index contributed by atoms with van der Waals surface area (Å²) in [5.41, 5.74) is 0.179. The van der Waals surface area contributed by atoms with Crippen molar-refractivity contribution in [1.82, 2.24) is 0 Å². The molecule has 0 heterocycles. The Morgan fingerprint density at radius 2 is 1.75 bits per heavy atom. The highest BCUT2D eigenvalue weighted by molar-refractivity contribution is 4.96. The van der Waals surface area contributed by atoms with Gasteiger partial charge in [-0.15, -0.1) is 0 Å². The molecule has 0 aromatic heterocycles. The van der Waals surface area contributed by atoms with Gasteiger partial charge in [-0.3, -0.25) is 0 Å². The van der Waals surface area contributed by atoms with Crippen molar-refractivity contribution in [2.24, 2.45) is 11.3 Å². The van der Waals surface area contributed by atoms with Crippen LogP contribution in [0.15, 0.2) is 12.2 Å². The van der Waals surface area contributed by atoms with Gasteiger partial charge in [0.2, 0.25) is 0 Å². The minimum Gasteiger partial charge on any atom is -0.389 e. The van der Waals surface area contributed by atoms with Crippen LogP contribution in [0.25, 0.3) is 0 Å². The first-order valence-electron chi connectivity index (χ1n) is 4.68. The second kappa shape index (κ2) is 4.66. The Labute approximate surface area is 76.5 Å². The molecule has 0 radical (unpaired) electrons. The van der Waals surface area contributed by atoms with Gasteiger partial charge in [0.1, 0.15) is 0 Å². The molecule has 0 aliphatic heterocycles. The van der Waals surface area contributed by atoms with Crippen molar-refractivity contribution in [1.29, 1.82) is 0 Å². The molecule has 0 aliphatic carbocycles. The van der Waals surface area contributed by atoms with E-state index in [2.05, 4.69) is 40.7 Å². The van der Waals surface area contributed by atoms with E-state index < -0.39 is 0 Å². The molecule has 1 N–H and O–H groups in total. The van der Waals surface area contributed by atoms with Gasteiger partial charge in [0.15, 0.2) is 0 Å². The Kier molecular flexibility index (Phi) is 4.54. The van der Waals surface area contributed by atoms with Crippen molar-refractivity contribution >= 4 is 0 Å². The fraction of sp³-hybridized carbons (Fsp3) is 0.818. The molecule has 1 nitrogen and oxygen atoms in total. The van der Waals surface area contributed by atoms with Gasteiger partial charge in [0.05, 0.1) is 6.10 Å². The third-order valence-electron chi connectivity index (χ3n) is 1.53. The van der Waals surface area contributed by atoms with E-state index in [0.717, 1.165) is 6.42 Å². The lowest BCUT2D eigenvalue weighted by molar-refractivity contribution is 0.193.